The molecule has 0 atom stereocenters. The molecule has 12 aromatic carbocycles. The van der Waals surface area contributed by atoms with E-state index in [4.69, 9.17) is 0 Å². The molecule has 0 aliphatic heterocycles. The summed E-state index contributed by atoms with van der Waals surface area (Å²) in [5.41, 5.74) is 12.6. The van der Waals surface area contributed by atoms with Gasteiger partial charge < -0.3 is 0 Å². The Kier molecular flexibility index (Phi) is 8.19. The molecule has 0 bridgehead atoms. The molecule has 13 rings (SSSR count). The SMILES string of the molecule is c1ccc(-c2c3ccccc3c(-c3ccc4sc5cccc(-c6c7ccccc7c(-c7ccc(-c8cccc9ccccc89)cc7)c7ccccc67)c5c4c3)c3ccccc23)cc1. The van der Waals surface area contributed by atoms with Gasteiger partial charge >= 0.3 is 0 Å². The number of benzene rings is 12. The third kappa shape index (κ3) is 5.60. The van der Waals surface area contributed by atoms with Crippen molar-refractivity contribution in [2.75, 3.05) is 0 Å². The minimum Gasteiger partial charge on any atom is -0.135 e. The van der Waals surface area contributed by atoms with Crippen LogP contribution in [0.4, 0.5) is 0 Å². The molecule has 1 aromatic heterocycles. The molecule has 0 N–H and O–H groups in total. The van der Waals surface area contributed by atoms with Gasteiger partial charge in [0, 0.05) is 20.2 Å². The Morgan fingerprint density at radius 3 is 1.22 bits per heavy atom. The quantitative estimate of drug-likeness (QED) is 0.152. The molecule has 1 heteroatoms. The lowest BCUT2D eigenvalue weighted by Gasteiger charge is -2.19. The molecular weight excluding hydrogens is 777 g/mol. The van der Waals surface area contributed by atoms with E-state index in [0.717, 1.165) is 0 Å². The van der Waals surface area contributed by atoms with Crippen LogP contribution in [0.3, 0.4) is 0 Å². The normalized spacial score (nSPS) is 11.8. The summed E-state index contributed by atoms with van der Waals surface area (Å²) in [5, 5.41) is 15.3. The highest BCUT2D eigenvalue weighted by atomic mass is 32.1. The summed E-state index contributed by atoms with van der Waals surface area (Å²) in [4.78, 5) is 0. The van der Waals surface area contributed by atoms with Crippen LogP contribution in [0.1, 0.15) is 0 Å². The van der Waals surface area contributed by atoms with E-state index in [2.05, 4.69) is 231 Å². The third-order valence-corrected chi connectivity index (χ3v) is 14.4. The van der Waals surface area contributed by atoms with Gasteiger partial charge in [-0.3, -0.25) is 0 Å². The Morgan fingerprint density at radius 2 is 0.635 bits per heavy atom. The van der Waals surface area contributed by atoms with Crippen molar-refractivity contribution in [2.45, 2.75) is 0 Å². The van der Waals surface area contributed by atoms with E-state index in [1.165, 1.54) is 130 Å². The van der Waals surface area contributed by atoms with Crippen molar-refractivity contribution in [3.8, 4) is 55.6 Å². The summed E-state index contributed by atoms with van der Waals surface area (Å²) >= 11 is 1.89. The molecule has 292 valence electrons. The molecule has 0 saturated carbocycles. The summed E-state index contributed by atoms with van der Waals surface area (Å²) < 4.78 is 2.60. The molecule has 0 spiro atoms. The Hall–Kier alpha value is -7.84. The maximum Gasteiger partial charge on any atom is 0.0361 e. The van der Waals surface area contributed by atoms with Gasteiger partial charge in [-0.15, -0.1) is 11.3 Å². The molecule has 0 unspecified atom stereocenters. The largest absolute Gasteiger partial charge is 0.135 e. The van der Waals surface area contributed by atoms with Gasteiger partial charge in [0.05, 0.1) is 0 Å². The highest BCUT2D eigenvalue weighted by Crippen LogP contribution is 2.50. The van der Waals surface area contributed by atoms with E-state index in [9.17, 15) is 0 Å². The van der Waals surface area contributed by atoms with Crippen LogP contribution >= 0.6 is 11.3 Å². The van der Waals surface area contributed by atoms with Crippen LogP contribution in [0.15, 0.2) is 231 Å². The van der Waals surface area contributed by atoms with Gasteiger partial charge in [-0.2, -0.15) is 0 Å². The van der Waals surface area contributed by atoms with Gasteiger partial charge in [0.25, 0.3) is 0 Å². The number of hydrogen-bond acceptors (Lipinski definition) is 1. The molecule has 63 heavy (non-hydrogen) atoms. The van der Waals surface area contributed by atoms with Crippen LogP contribution in [0.2, 0.25) is 0 Å². The fraction of sp³-hybridized carbons (Fsp3) is 0. The second-order valence-electron chi connectivity index (χ2n) is 16.6. The second kappa shape index (κ2) is 14.4. The fourth-order valence-corrected chi connectivity index (χ4v) is 11.7. The number of fused-ring (bicyclic) bond motifs is 8. The first-order valence-electron chi connectivity index (χ1n) is 21.8. The fourth-order valence-electron chi connectivity index (χ4n) is 10.6. The molecule has 0 saturated heterocycles. The summed E-state index contributed by atoms with van der Waals surface area (Å²) in [7, 11) is 0. The molecule has 1 heterocycles. The van der Waals surface area contributed by atoms with Gasteiger partial charge in [-0.1, -0.05) is 212 Å². The zero-order chi connectivity index (χ0) is 41.4. The average Bonchev–Trinajstić information content (AvgIpc) is 3.73. The number of hydrogen-bond donors (Lipinski definition) is 0. The highest BCUT2D eigenvalue weighted by molar-refractivity contribution is 7.26. The van der Waals surface area contributed by atoms with E-state index in [1.807, 2.05) is 11.3 Å². The Labute approximate surface area is 369 Å². The predicted molar refractivity (Wildman–Crippen MR) is 274 cm³/mol. The molecule has 0 amide bonds. The van der Waals surface area contributed by atoms with Gasteiger partial charge in [0.15, 0.2) is 0 Å². The topological polar surface area (TPSA) is 0 Å². The first-order chi connectivity index (χ1) is 31.3. The van der Waals surface area contributed by atoms with Crippen molar-refractivity contribution in [3.63, 3.8) is 0 Å². The van der Waals surface area contributed by atoms with Crippen molar-refractivity contribution in [1.29, 1.82) is 0 Å². The average molecular weight is 815 g/mol. The van der Waals surface area contributed by atoms with Crippen molar-refractivity contribution >= 4 is 85.4 Å². The zero-order valence-corrected chi connectivity index (χ0v) is 35.2. The van der Waals surface area contributed by atoms with E-state index < -0.39 is 0 Å². The number of thiophene rings is 1. The van der Waals surface area contributed by atoms with Gasteiger partial charge in [-0.05, 0) is 128 Å². The summed E-state index contributed by atoms with van der Waals surface area (Å²) in [6, 6.07) is 85.5. The van der Waals surface area contributed by atoms with Crippen LogP contribution in [0, 0.1) is 0 Å². The van der Waals surface area contributed by atoms with Crippen LogP contribution in [-0.2, 0) is 0 Å². The Bertz CT molecular complexity index is 3830. The van der Waals surface area contributed by atoms with Crippen molar-refractivity contribution in [2.24, 2.45) is 0 Å². The summed E-state index contributed by atoms with van der Waals surface area (Å²) in [6.45, 7) is 0. The molecule has 0 fully saturated rings. The van der Waals surface area contributed by atoms with Gasteiger partial charge in [-0.25, -0.2) is 0 Å². The van der Waals surface area contributed by atoms with E-state index in [0.29, 0.717) is 0 Å². The third-order valence-electron chi connectivity index (χ3n) is 13.3. The monoisotopic (exact) mass is 814 g/mol. The van der Waals surface area contributed by atoms with Crippen molar-refractivity contribution in [3.05, 3.63) is 231 Å². The van der Waals surface area contributed by atoms with Gasteiger partial charge in [0.2, 0.25) is 0 Å². The summed E-state index contributed by atoms with van der Waals surface area (Å²) in [5.74, 6) is 0. The van der Waals surface area contributed by atoms with Crippen LogP contribution in [0.25, 0.3) is 130 Å². The summed E-state index contributed by atoms with van der Waals surface area (Å²) in [6.07, 6.45) is 0. The molecule has 0 aliphatic rings. The maximum atomic E-state index is 2.48. The lowest BCUT2D eigenvalue weighted by Crippen LogP contribution is -1.92. The Balaban J connectivity index is 1.03. The standard InChI is InChI=1S/C62H38S/c1-2-17-41(18-3-1)58-46-21-6-8-23-48(46)60(49-24-9-7-22-47(49)58)43-36-37-56-55(38-43)62-54(30-15-31-57(62)63-56)61-52-27-12-10-25-50(52)59(51-26-11-13-28-53(51)61)42-34-32-40(33-35-42)45-29-14-19-39-16-4-5-20-44(39)45/h1-38H. The molecular formula is C62H38S. The van der Waals surface area contributed by atoms with E-state index in [1.54, 1.807) is 0 Å². The second-order valence-corrected chi connectivity index (χ2v) is 17.7. The Morgan fingerprint density at radius 1 is 0.222 bits per heavy atom. The van der Waals surface area contributed by atoms with Crippen LogP contribution in [-0.4, -0.2) is 0 Å². The van der Waals surface area contributed by atoms with E-state index >= 15 is 0 Å². The van der Waals surface area contributed by atoms with Crippen molar-refractivity contribution < 1.29 is 0 Å². The zero-order valence-electron chi connectivity index (χ0n) is 34.3. The first-order valence-corrected chi connectivity index (χ1v) is 22.6. The maximum absolute atomic E-state index is 2.48. The van der Waals surface area contributed by atoms with Crippen LogP contribution in [0.5, 0.6) is 0 Å². The number of rotatable bonds is 5. The molecule has 13 aromatic rings. The van der Waals surface area contributed by atoms with Crippen molar-refractivity contribution in [1.82, 2.24) is 0 Å². The van der Waals surface area contributed by atoms with Crippen LogP contribution < -0.4 is 0 Å². The minimum absolute atomic E-state index is 1.22. The lowest BCUT2D eigenvalue weighted by molar-refractivity contribution is 1.63. The predicted octanol–water partition coefficient (Wildman–Crippen LogP) is 18.2. The molecule has 0 aliphatic carbocycles. The smallest absolute Gasteiger partial charge is 0.0361 e. The lowest BCUT2D eigenvalue weighted by atomic mass is 9.84. The van der Waals surface area contributed by atoms with Gasteiger partial charge in [0.1, 0.15) is 0 Å². The molecule has 0 radical (unpaired) electrons. The minimum atomic E-state index is 1.22. The molecule has 0 nitrogen and oxygen atoms in total. The first kappa shape index (κ1) is 35.9. The highest BCUT2D eigenvalue weighted by Gasteiger charge is 2.22. The van der Waals surface area contributed by atoms with E-state index in [-0.39, 0.29) is 0 Å².